The van der Waals surface area contributed by atoms with Crippen LogP contribution in [0.3, 0.4) is 0 Å². The molecule has 1 unspecified atom stereocenters. The molecule has 0 N–H and O–H groups in total. The van der Waals surface area contributed by atoms with E-state index in [9.17, 15) is 0 Å². The molecule has 2 nitrogen and oxygen atoms in total. The summed E-state index contributed by atoms with van der Waals surface area (Å²) in [4.78, 5) is 10.8. The number of unbranched alkanes of at least 4 members (excludes halogenated alkanes) is 11. The van der Waals surface area contributed by atoms with Gasteiger partial charge in [-0.05, 0) is 123 Å². The number of halogens is 2. The number of rotatable bonds is 27. The Labute approximate surface area is 460 Å². The van der Waals surface area contributed by atoms with Crippen LogP contribution in [-0.4, -0.2) is 9.97 Å². The van der Waals surface area contributed by atoms with E-state index in [0.717, 1.165) is 59.1 Å². The molecule has 0 saturated carbocycles. The highest BCUT2D eigenvalue weighted by Crippen LogP contribution is 2.49. The molecule has 0 bridgehead atoms. The van der Waals surface area contributed by atoms with Crippen molar-refractivity contribution < 1.29 is 8.78 Å². The number of fused-ring (bicyclic) bond motifs is 2. The van der Waals surface area contributed by atoms with Gasteiger partial charge in [0.05, 0.1) is 11.4 Å². The first-order chi connectivity index (χ1) is 36.5. The molecule has 76 heavy (non-hydrogen) atoms. The Morgan fingerprint density at radius 2 is 1.32 bits per heavy atom. The minimum absolute atomic E-state index is 0.0353. The molecule has 4 aromatic rings. The van der Waals surface area contributed by atoms with Crippen LogP contribution in [0.15, 0.2) is 132 Å². The van der Waals surface area contributed by atoms with Crippen LogP contribution in [0.5, 0.6) is 0 Å². The van der Waals surface area contributed by atoms with E-state index >= 15 is 8.78 Å². The van der Waals surface area contributed by atoms with E-state index in [0.29, 0.717) is 40.3 Å². The average Bonchev–Trinajstić information content (AvgIpc) is 3.75. The normalized spacial score (nSPS) is 16.2. The van der Waals surface area contributed by atoms with Crippen molar-refractivity contribution in [3.05, 3.63) is 177 Å². The van der Waals surface area contributed by atoms with Crippen molar-refractivity contribution in [2.24, 2.45) is 5.92 Å². The summed E-state index contributed by atoms with van der Waals surface area (Å²) in [5, 5.41) is 0. The predicted molar refractivity (Wildman–Crippen MR) is 328 cm³/mol. The van der Waals surface area contributed by atoms with Gasteiger partial charge in [-0.15, -0.1) is 0 Å². The maximum atomic E-state index is 17.5. The van der Waals surface area contributed by atoms with Gasteiger partial charge < -0.3 is 0 Å². The molecule has 0 fully saturated rings. The largest absolute Gasteiger partial charge is 0.243 e. The third-order valence-electron chi connectivity index (χ3n) is 15.7. The number of benzene rings is 3. The number of hydrogen-bond acceptors (Lipinski definition) is 2. The first-order valence-corrected chi connectivity index (χ1v) is 29.6. The first kappa shape index (κ1) is 59.8. The van der Waals surface area contributed by atoms with Crippen LogP contribution in [0, 0.1) is 17.6 Å². The van der Waals surface area contributed by atoms with Crippen molar-refractivity contribution in [2.75, 3.05) is 0 Å². The maximum Gasteiger partial charge on any atom is 0.169 e. The molecular weight excluding hydrogens is 931 g/mol. The zero-order valence-electron chi connectivity index (χ0n) is 49.1. The Bertz CT molecular complexity index is 2860. The van der Waals surface area contributed by atoms with E-state index in [1.165, 1.54) is 112 Å². The average molecular weight is 1030 g/mol. The Kier molecular flexibility index (Phi) is 22.6. The SMILES string of the molecule is CCCCCCCCC1(CCCCCCCC)C=C(/C=C\C/C(C)=C/C=C(\CCCC)c2c(F)c(F)c(/C(C)=C/C=C(\C)C=C(C)C)c3nc(-c4ccccc4)c(C4=CCC(C)C=C4)nc23)c2ccc(C(C)(C)C)cc21. The topological polar surface area (TPSA) is 25.8 Å². The van der Waals surface area contributed by atoms with Crippen LogP contribution < -0.4 is 0 Å². The van der Waals surface area contributed by atoms with Gasteiger partial charge in [-0.2, -0.15) is 0 Å². The summed E-state index contributed by atoms with van der Waals surface area (Å²) >= 11 is 0. The number of aromatic nitrogens is 2. The van der Waals surface area contributed by atoms with Crippen LogP contribution >= 0.6 is 0 Å². The van der Waals surface area contributed by atoms with Gasteiger partial charge in [0.2, 0.25) is 0 Å². The summed E-state index contributed by atoms with van der Waals surface area (Å²) in [5.41, 5.74) is 14.6. The van der Waals surface area contributed by atoms with Crippen LogP contribution in [0.4, 0.5) is 8.78 Å². The highest BCUT2D eigenvalue weighted by molar-refractivity contribution is 5.99. The lowest BCUT2D eigenvalue weighted by molar-refractivity contribution is 0.406. The van der Waals surface area contributed by atoms with Gasteiger partial charge in [-0.1, -0.05) is 264 Å². The molecule has 0 amide bonds. The summed E-state index contributed by atoms with van der Waals surface area (Å²) < 4.78 is 34.8. The second kappa shape index (κ2) is 28.8. The van der Waals surface area contributed by atoms with E-state index in [1.54, 1.807) is 0 Å². The zero-order valence-corrected chi connectivity index (χ0v) is 49.1. The number of hydrogen-bond donors (Lipinski definition) is 0. The Balaban J connectivity index is 1.45. The van der Waals surface area contributed by atoms with Crippen molar-refractivity contribution in [1.29, 1.82) is 0 Å². The number of allylic oxidation sites excluding steroid dienone is 18. The lowest BCUT2D eigenvalue weighted by Crippen LogP contribution is -2.23. The molecule has 4 heteroatoms. The molecule has 0 saturated heterocycles. The lowest BCUT2D eigenvalue weighted by atomic mass is 9.72. The highest BCUT2D eigenvalue weighted by atomic mass is 19.2. The van der Waals surface area contributed by atoms with Gasteiger partial charge in [0.1, 0.15) is 11.0 Å². The van der Waals surface area contributed by atoms with E-state index in [-0.39, 0.29) is 22.0 Å². The highest BCUT2D eigenvalue weighted by Gasteiger charge is 2.37. The van der Waals surface area contributed by atoms with Gasteiger partial charge in [0.25, 0.3) is 0 Å². The van der Waals surface area contributed by atoms with Crippen LogP contribution in [0.1, 0.15) is 239 Å². The monoisotopic (exact) mass is 1020 g/mol. The summed E-state index contributed by atoms with van der Waals surface area (Å²) in [6.07, 6.45) is 45.8. The van der Waals surface area contributed by atoms with Gasteiger partial charge in [-0.3, -0.25) is 0 Å². The minimum atomic E-state index is -0.897. The Morgan fingerprint density at radius 3 is 1.93 bits per heavy atom. The maximum absolute atomic E-state index is 17.5. The summed E-state index contributed by atoms with van der Waals surface area (Å²) in [5.74, 6) is -1.39. The third kappa shape index (κ3) is 15.8. The first-order valence-electron chi connectivity index (χ1n) is 29.6. The molecule has 0 radical (unpaired) electrons. The Morgan fingerprint density at radius 1 is 0.697 bits per heavy atom. The minimum Gasteiger partial charge on any atom is -0.243 e. The second-order valence-corrected chi connectivity index (χ2v) is 23.8. The molecule has 2 aliphatic rings. The molecular formula is C72H94F2N2. The van der Waals surface area contributed by atoms with Gasteiger partial charge >= 0.3 is 0 Å². The fourth-order valence-corrected chi connectivity index (χ4v) is 11.2. The fraction of sp³-hybridized carbons (Fsp3) is 0.472. The van der Waals surface area contributed by atoms with Gasteiger partial charge in [-0.25, -0.2) is 18.7 Å². The summed E-state index contributed by atoms with van der Waals surface area (Å²) in [7, 11) is 0. The molecule has 1 heterocycles. The van der Waals surface area contributed by atoms with Crippen molar-refractivity contribution in [3.8, 4) is 11.3 Å². The molecule has 1 atom stereocenters. The molecule has 0 spiro atoms. The van der Waals surface area contributed by atoms with Crippen molar-refractivity contribution >= 4 is 33.3 Å². The van der Waals surface area contributed by atoms with Crippen molar-refractivity contribution in [2.45, 2.75) is 216 Å². The van der Waals surface area contributed by atoms with Gasteiger partial charge in [0, 0.05) is 22.1 Å². The smallest absolute Gasteiger partial charge is 0.169 e. The van der Waals surface area contributed by atoms with Crippen LogP contribution in [-0.2, 0) is 10.8 Å². The van der Waals surface area contributed by atoms with E-state index in [2.05, 4.69) is 136 Å². The third-order valence-corrected chi connectivity index (χ3v) is 15.7. The van der Waals surface area contributed by atoms with E-state index in [4.69, 9.17) is 9.97 Å². The Hall–Kier alpha value is -5.48. The zero-order chi connectivity index (χ0) is 54.8. The van der Waals surface area contributed by atoms with E-state index < -0.39 is 11.6 Å². The molecule has 0 aliphatic heterocycles. The quantitative estimate of drug-likeness (QED) is 0.0439. The van der Waals surface area contributed by atoms with Crippen molar-refractivity contribution in [1.82, 2.24) is 9.97 Å². The molecule has 3 aromatic carbocycles. The standard InChI is InChI=1S/C72H94F2N2/c1-13-16-19-21-23-28-46-72(47-29-24-22-20-17-14-2)50-59(61-45-44-60(49-62(61)72)71(10,11)12)35-30-31-52(6)37-41-56(32-18-15-3)64-66(74)65(73)63(55(9)40-36-54(8)48-51(4)5)69-70(64)76-68(58-42-38-53(7)39-43-58)67(75-69)57-33-26-25-27-34-57/h25-27,30,33-38,40-45,48-50,53H,13-24,28-29,31-32,39,46-47H2,1-12H3/b35-30-,52-37+,54-36+,55-40+,56-41+. The van der Waals surface area contributed by atoms with Crippen molar-refractivity contribution in [3.63, 3.8) is 0 Å². The molecule has 1 aromatic heterocycles. The van der Waals surface area contributed by atoms with E-state index in [1.807, 2.05) is 62.4 Å². The van der Waals surface area contributed by atoms with Gasteiger partial charge in [0.15, 0.2) is 11.6 Å². The summed E-state index contributed by atoms with van der Waals surface area (Å²) in [6.45, 7) is 26.1. The fourth-order valence-electron chi connectivity index (χ4n) is 11.2. The second-order valence-electron chi connectivity index (χ2n) is 23.8. The molecule has 2 aliphatic carbocycles. The van der Waals surface area contributed by atoms with Crippen LogP contribution in [0.25, 0.3) is 44.6 Å². The molecule has 6 rings (SSSR count). The van der Waals surface area contributed by atoms with Crippen LogP contribution in [0.2, 0.25) is 0 Å². The summed E-state index contributed by atoms with van der Waals surface area (Å²) in [6, 6.07) is 17.3. The predicted octanol–water partition coefficient (Wildman–Crippen LogP) is 22.5. The lowest BCUT2D eigenvalue weighted by Gasteiger charge is -2.31. The number of nitrogens with zero attached hydrogens (tertiary/aromatic N) is 2. The molecule has 406 valence electrons.